The maximum Gasteiger partial charge on any atom is 0.274 e. The van der Waals surface area contributed by atoms with Gasteiger partial charge in [-0.3, -0.25) is 9.48 Å². The smallest absolute Gasteiger partial charge is 0.274 e. The number of hydrogen-bond donors (Lipinski definition) is 1. The van der Waals surface area contributed by atoms with Gasteiger partial charge in [0.2, 0.25) is 0 Å². The molecule has 2 rings (SSSR count). The Morgan fingerprint density at radius 3 is 2.47 bits per heavy atom. The summed E-state index contributed by atoms with van der Waals surface area (Å²) in [6, 6.07) is 2.28. The van der Waals surface area contributed by atoms with Crippen molar-refractivity contribution in [3.8, 4) is 0 Å². The highest BCUT2D eigenvalue weighted by molar-refractivity contribution is 5.93. The highest BCUT2D eigenvalue weighted by Crippen LogP contribution is 2.14. The summed E-state index contributed by atoms with van der Waals surface area (Å²) >= 11 is 0. The molecule has 0 radical (unpaired) electrons. The number of rotatable bonds is 1. The van der Waals surface area contributed by atoms with Gasteiger partial charge in [-0.15, -0.1) is 0 Å². The SMILES string of the molecule is Cc1cc(C(=O)N2C(C)CNCC2C)nn1C. The second-order valence-corrected chi connectivity index (χ2v) is 4.86. The largest absolute Gasteiger partial charge is 0.329 e. The van der Waals surface area contributed by atoms with Crippen molar-refractivity contribution >= 4 is 5.91 Å². The first kappa shape index (κ1) is 12.1. The van der Waals surface area contributed by atoms with E-state index in [2.05, 4.69) is 24.3 Å². The molecule has 0 saturated carbocycles. The Balaban J connectivity index is 2.23. The van der Waals surface area contributed by atoms with Crippen molar-refractivity contribution < 1.29 is 4.79 Å². The molecule has 1 aliphatic heterocycles. The fourth-order valence-corrected chi connectivity index (χ4v) is 2.33. The van der Waals surface area contributed by atoms with E-state index < -0.39 is 0 Å². The summed E-state index contributed by atoms with van der Waals surface area (Å²) in [5, 5.41) is 7.58. The maximum absolute atomic E-state index is 12.4. The zero-order chi connectivity index (χ0) is 12.6. The molecule has 0 aliphatic carbocycles. The van der Waals surface area contributed by atoms with Crippen LogP contribution in [0.15, 0.2) is 6.07 Å². The Hall–Kier alpha value is -1.36. The van der Waals surface area contributed by atoms with E-state index >= 15 is 0 Å². The van der Waals surface area contributed by atoms with Crippen LogP contribution in [0, 0.1) is 6.92 Å². The molecule has 2 heterocycles. The topological polar surface area (TPSA) is 50.2 Å². The zero-order valence-electron chi connectivity index (χ0n) is 10.9. The van der Waals surface area contributed by atoms with Crippen LogP contribution in [0.2, 0.25) is 0 Å². The van der Waals surface area contributed by atoms with Gasteiger partial charge in [-0.05, 0) is 26.8 Å². The molecule has 1 aromatic rings. The molecule has 1 aromatic heterocycles. The van der Waals surface area contributed by atoms with Gasteiger partial charge in [0.05, 0.1) is 0 Å². The Morgan fingerprint density at radius 2 is 2.00 bits per heavy atom. The molecule has 1 N–H and O–H groups in total. The quantitative estimate of drug-likeness (QED) is 0.774. The number of nitrogens with one attached hydrogen (secondary N) is 1. The molecule has 2 atom stereocenters. The minimum absolute atomic E-state index is 0.0372. The first-order valence-corrected chi connectivity index (χ1v) is 6.04. The molecule has 5 nitrogen and oxygen atoms in total. The minimum Gasteiger partial charge on any atom is -0.329 e. The van der Waals surface area contributed by atoms with Crippen LogP contribution in [0.5, 0.6) is 0 Å². The predicted molar refractivity (Wildman–Crippen MR) is 65.9 cm³/mol. The van der Waals surface area contributed by atoms with Crippen LogP contribution in [-0.4, -0.2) is 45.8 Å². The second-order valence-electron chi connectivity index (χ2n) is 4.86. The van der Waals surface area contributed by atoms with Crippen LogP contribution in [-0.2, 0) is 7.05 Å². The van der Waals surface area contributed by atoms with E-state index in [1.807, 2.05) is 24.9 Å². The molecular weight excluding hydrogens is 216 g/mol. The Kier molecular flexibility index (Phi) is 3.19. The molecular formula is C12H20N4O. The van der Waals surface area contributed by atoms with Gasteiger partial charge < -0.3 is 10.2 Å². The lowest BCUT2D eigenvalue weighted by atomic mass is 10.1. The summed E-state index contributed by atoms with van der Waals surface area (Å²) in [6.07, 6.45) is 0. The molecule has 1 saturated heterocycles. The monoisotopic (exact) mass is 236 g/mol. The Labute approximate surface area is 102 Å². The molecule has 0 bridgehead atoms. The van der Waals surface area contributed by atoms with E-state index in [4.69, 9.17) is 0 Å². The zero-order valence-corrected chi connectivity index (χ0v) is 10.9. The first-order valence-electron chi connectivity index (χ1n) is 6.04. The van der Waals surface area contributed by atoms with Gasteiger partial charge in [-0.1, -0.05) is 0 Å². The molecule has 5 heteroatoms. The van der Waals surface area contributed by atoms with Gasteiger partial charge >= 0.3 is 0 Å². The second kappa shape index (κ2) is 4.49. The summed E-state index contributed by atoms with van der Waals surface area (Å²) in [7, 11) is 1.86. The van der Waals surface area contributed by atoms with E-state index in [1.54, 1.807) is 4.68 Å². The van der Waals surface area contributed by atoms with E-state index in [-0.39, 0.29) is 18.0 Å². The number of hydrogen-bond acceptors (Lipinski definition) is 3. The molecule has 1 amide bonds. The third-order valence-corrected chi connectivity index (χ3v) is 3.40. The van der Waals surface area contributed by atoms with Crippen LogP contribution >= 0.6 is 0 Å². The van der Waals surface area contributed by atoms with E-state index in [1.165, 1.54) is 0 Å². The summed E-state index contributed by atoms with van der Waals surface area (Å²) < 4.78 is 1.74. The van der Waals surface area contributed by atoms with Crippen LogP contribution < -0.4 is 5.32 Å². The highest BCUT2D eigenvalue weighted by Gasteiger charge is 2.30. The Bertz CT molecular complexity index is 397. The molecule has 1 fully saturated rings. The van der Waals surface area contributed by atoms with E-state index in [0.717, 1.165) is 18.8 Å². The van der Waals surface area contributed by atoms with Crippen LogP contribution in [0.3, 0.4) is 0 Å². The molecule has 0 aromatic carbocycles. The number of amides is 1. The molecule has 17 heavy (non-hydrogen) atoms. The molecule has 2 unspecified atom stereocenters. The van der Waals surface area contributed by atoms with Gasteiger partial charge in [0.15, 0.2) is 5.69 Å². The summed E-state index contributed by atoms with van der Waals surface area (Å²) in [5.74, 6) is 0.0372. The van der Waals surface area contributed by atoms with Crippen molar-refractivity contribution in [2.45, 2.75) is 32.9 Å². The van der Waals surface area contributed by atoms with Gasteiger partial charge in [-0.2, -0.15) is 5.10 Å². The maximum atomic E-state index is 12.4. The number of piperazine rings is 1. The number of carbonyl (C=O) groups excluding carboxylic acids is 1. The number of nitrogens with zero attached hydrogens (tertiary/aromatic N) is 3. The Morgan fingerprint density at radius 1 is 1.41 bits per heavy atom. The number of carbonyl (C=O) groups is 1. The van der Waals surface area contributed by atoms with E-state index in [0.29, 0.717) is 5.69 Å². The molecule has 94 valence electrons. The predicted octanol–water partition coefficient (Wildman–Crippen LogP) is 0.551. The molecule has 1 aliphatic rings. The molecule has 0 spiro atoms. The van der Waals surface area contributed by atoms with E-state index in [9.17, 15) is 4.79 Å². The lowest BCUT2D eigenvalue weighted by Gasteiger charge is -2.39. The lowest BCUT2D eigenvalue weighted by Crippen LogP contribution is -2.57. The fourth-order valence-electron chi connectivity index (χ4n) is 2.33. The average Bonchev–Trinajstić information content (AvgIpc) is 2.59. The number of aromatic nitrogens is 2. The lowest BCUT2D eigenvalue weighted by molar-refractivity contribution is 0.0537. The normalized spacial score (nSPS) is 25.1. The van der Waals surface area contributed by atoms with Crippen molar-refractivity contribution in [1.82, 2.24) is 20.0 Å². The first-order chi connectivity index (χ1) is 8.00. The van der Waals surface area contributed by atoms with Crippen molar-refractivity contribution in [3.05, 3.63) is 17.5 Å². The van der Waals surface area contributed by atoms with Gasteiger partial charge in [0.25, 0.3) is 5.91 Å². The van der Waals surface area contributed by atoms with Gasteiger partial charge in [0, 0.05) is 37.9 Å². The third kappa shape index (κ3) is 2.20. The van der Waals surface area contributed by atoms with Crippen molar-refractivity contribution in [3.63, 3.8) is 0 Å². The van der Waals surface area contributed by atoms with Crippen molar-refractivity contribution in [2.24, 2.45) is 7.05 Å². The summed E-state index contributed by atoms with van der Waals surface area (Å²) in [5.41, 5.74) is 1.55. The summed E-state index contributed by atoms with van der Waals surface area (Å²) in [6.45, 7) is 7.78. The third-order valence-electron chi connectivity index (χ3n) is 3.40. The van der Waals surface area contributed by atoms with Gasteiger partial charge in [-0.25, -0.2) is 0 Å². The van der Waals surface area contributed by atoms with Crippen LogP contribution in [0.25, 0.3) is 0 Å². The standard InChI is InChI=1S/C12H20N4O/c1-8-5-11(14-15(8)4)12(17)16-9(2)6-13-7-10(16)3/h5,9-10,13H,6-7H2,1-4H3. The van der Waals surface area contributed by atoms with Crippen molar-refractivity contribution in [1.29, 1.82) is 0 Å². The fraction of sp³-hybridized carbons (Fsp3) is 0.667. The average molecular weight is 236 g/mol. The van der Waals surface area contributed by atoms with Crippen molar-refractivity contribution in [2.75, 3.05) is 13.1 Å². The summed E-state index contributed by atoms with van der Waals surface area (Å²) in [4.78, 5) is 14.3. The van der Waals surface area contributed by atoms with Gasteiger partial charge in [0.1, 0.15) is 0 Å². The van der Waals surface area contributed by atoms with Crippen LogP contribution in [0.4, 0.5) is 0 Å². The van der Waals surface area contributed by atoms with Crippen LogP contribution in [0.1, 0.15) is 30.0 Å². The highest BCUT2D eigenvalue weighted by atomic mass is 16.2. The minimum atomic E-state index is 0.0372. The number of aryl methyl sites for hydroxylation is 2.